The summed E-state index contributed by atoms with van der Waals surface area (Å²) in [6, 6.07) is 15.8. The lowest BCUT2D eigenvalue weighted by molar-refractivity contribution is 0.102. The number of aromatic nitrogens is 1. The predicted octanol–water partition coefficient (Wildman–Crippen LogP) is 4.90. The molecular weight excluding hydrogens is 404 g/mol. The Morgan fingerprint density at radius 1 is 1.03 bits per heavy atom. The zero-order chi connectivity index (χ0) is 21.0. The van der Waals surface area contributed by atoms with Crippen molar-refractivity contribution in [1.29, 1.82) is 0 Å². The van der Waals surface area contributed by atoms with E-state index in [4.69, 9.17) is 0 Å². The van der Waals surface area contributed by atoms with E-state index in [0.717, 1.165) is 4.90 Å². The molecule has 1 N–H and O–H groups in total. The molecule has 0 radical (unpaired) electrons. The molecular formula is C22H22N2O3S2. The maximum absolute atomic E-state index is 12.8. The number of carbonyl (C=O) groups excluding carboxylic acids is 1. The van der Waals surface area contributed by atoms with E-state index in [0.29, 0.717) is 16.3 Å². The van der Waals surface area contributed by atoms with Crippen molar-refractivity contribution in [2.24, 2.45) is 0 Å². The Hall–Kier alpha value is -2.64. The van der Waals surface area contributed by atoms with Gasteiger partial charge in [0.25, 0.3) is 5.91 Å². The lowest BCUT2D eigenvalue weighted by atomic mass is 10.1. The molecule has 7 heteroatoms. The van der Waals surface area contributed by atoms with E-state index in [-0.39, 0.29) is 16.6 Å². The number of carbonyl (C=O) groups is 1. The van der Waals surface area contributed by atoms with Crippen molar-refractivity contribution in [3.05, 3.63) is 77.5 Å². The first-order chi connectivity index (χ1) is 13.8. The normalized spacial score (nSPS) is 11.3. The molecule has 0 aliphatic rings. The summed E-state index contributed by atoms with van der Waals surface area (Å²) < 4.78 is 23.8. The van der Waals surface area contributed by atoms with Gasteiger partial charge in [-0.1, -0.05) is 24.8 Å². The van der Waals surface area contributed by atoms with E-state index in [1.807, 2.05) is 19.1 Å². The number of anilines is 1. The summed E-state index contributed by atoms with van der Waals surface area (Å²) in [5, 5.41) is 3.42. The second kappa shape index (κ2) is 8.80. The Morgan fingerprint density at radius 3 is 2.41 bits per heavy atom. The molecule has 1 heterocycles. The van der Waals surface area contributed by atoms with Crippen LogP contribution in [0.15, 0.2) is 75.6 Å². The van der Waals surface area contributed by atoms with Crippen LogP contribution in [0.1, 0.15) is 28.4 Å². The molecule has 0 aliphatic carbocycles. The van der Waals surface area contributed by atoms with Gasteiger partial charge < -0.3 is 5.32 Å². The van der Waals surface area contributed by atoms with Crippen LogP contribution in [0.3, 0.4) is 0 Å². The standard InChI is InChI=1S/C22H22N2O3S2/c1-4-29(26,27)19-11-8-17(9-12-19)24-21(25)20-6-5-13-23-22(20)28-18-10-7-15(2)16(3)14-18/h5-14H,4H2,1-3H3,(H,24,25). The summed E-state index contributed by atoms with van der Waals surface area (Å²) in [7, 11) is -3.27. The Morgan fingerprint density at radius 2 is 1.76 bits per heavy atom. The lowest BCUT2D eigenvalue weighted by Crippen LogP contribution is -2.13. The topological polar surface area (TPSA) is 76.1 Å². The Balaban J connectivity index is 1.80. The van der Waals surface area contributed by atoms with Crippen molar-refractivity contribution in [2.45, 2.75) is 35.6 Å². The number of benzene rings is 2. The lowest BCUT2D eigenvalue weighted by Gasteiger charge is -2.10. The Labute approximate surface area is 175 Å². The number of hydrogen-bond donors (Lipinski definition) is 1. The minimum atomic E-state index is -3.27. The van der Waals surface area contributed by atoms with Gasteiger partial charge in [0.2, 0.25) is 0 Å². The van der Waals surface area contributed by atoms with E-state index < -0.39 is 9.84 Å². The Kier molecular flexibility index (Phi) is 6.39. The van der Waals surface area contributed by atoms with Gasteiger partial charge >= 0.3 is 0 Å². The van der Waals surface area contributed by atoms with Crippen LogP contribution < -0.4 is 5.32 Å². The van der Waals surface area contributed by atoms with Gasteiger partial charge in [-0.3, -0.25) is 4.79 Å². The summed E-state index contributed by atoms with van der Waals surface area (Å²) >= 11 is 1.43. The van der Waals surface area contributed by atoms with Crippen molar-refractivity contribution in [2.75, 3.05) is 11.1 Å². The van der Waals surface area contributed by atoms with E-state index in [2.05, 4.69) is 23.3 Å². The smallest absolute Gasteiger partial charge is 0.258 e. The van der Waals surface area contributed by atoms with E-state index in [1.165, 1.54) is 35.0 Å². The first kappa shape index (κ1) is 21.1. The number of rotatable bonds is 6. The third-order valence-electron chi connectivity index (χ3n) is 4.56. The quantitative estimate of drug-likeness (QED) is 0.607. The fourth-order valence-corrected chi connectivity index (χ4v) is 4.51. The molecule has 0 bridgehead atoms. The second-order valence-electron chi connectivity index (χ2n) is 6.59. The molecule has 1 amide bonds. The van der Waals surface area contributed by atoms with Gasteiger partial charge in [0.1, 0.15) is 5.03 Å². The molecule has 0 fully saturated rings. The number of amides is 1. The number of pyridine rings is 1. The van der Waals surface area contributed by atoms with Crippen LogP contribution in [0.5, 0.6) is 0 Å². The van der Waals surface area contributed by atoms with Crippen molar-refractivity contribution < 1.29 is 13.2 Å². The average molecular weight is 427 g/mol. The molecule has 0 unspecified atom stereocenters. The van der Waals surface area contributed by atoms with Crippen LogP contribution in [0, 0.1) is 13.8 Å². The van der Waals surface area contributed by atoms with Crippen LogP contribution >= 0.6 is 11.8 Å². The molecule has 0 aliphatic heterocycles. The summed E-state index contributed by atoms with van der Waals surface area (Å²) in [4.78, 5) is 18.4. The summed E-state index contributed by atoms with van der Waals surface area (Å²) in [5.74, 6) is -0.261. The second-order valence-corrected chi connectivity index (χ2v) is 9.93. The predicted molar refractivity (Wildman–Crippen MR) is 116 cm³/mol. The molecule has 2 aromatic carbocycles. The zero-order valence-electron chi connectivity index (χ0n) is 16.5. The van der Waals surface area contributed by atoms with Gasteiger partial charge in [-0.15, -0.1) is 0 Å². The summed E-state index contributed by atoms with van der Waals surface area (Å²) in [6.07, 6.45) is 1.66. The fraction of sp³-hybridized carbons (Fsp3) is 0.182. The molecule has 0 atom stereocenters. The molecule has 0 saturated heterocycles. The molecule has 150 valence electrons. The van der Waals surface area contributed by atoms with Gasteiger partial charge in [-0.2, -0.15) is 0 Å². The van der Waals surface area contributed by atoms with Crippen molar-refractivity contribution >= 4 is 33.2 Å². The average Bonchev–Trinajstić information content (AvgIpc) is 2.71. The zero-order valence-corrected chi connectivity index (χ0v) is 18.1. The minimum Gasteiger partial charge on any atom is -0.322 e. The van der Waals surface area contributed by atoms with Crippen molar-refractivity contribution in [1.82, 2.24) is 4.98 Å². The molecule has 3 aromatic rings. The highest BCUT2D eigenvalue weighted by molar-refractivity contribution is 7.99. The summed E-state index contributed by atoms with van der Waals surface area (Å²) in [6.45, 7) is 5.70. The van der Waals surface area contributed by atoms with Gasteiger partial charge in [-0.25, -0.2) is 13.4 Å². The van der Waals surface area contributed by atoms with Crippen LogP contribution in [0.25, 0.3) is 0 Å². The largest absolute Gasteiger partial charge is 0.322 e. The van der Waals surface area contributed by atoms with Gasteiger partial charge in [0, 0.05) is 16.8 Å². The highest BCUT2D eigenvalue weighted by Crippen LogP contribution is 2.30. The van der Waals surface area contributed by atoms with Crippen LogP contribution in [0.4, 0.5) is 5.69 Å². The highest BCUT2D eigenvalue weighted by atomic mass is 32.2. The van der Waals surface area contributed by atoms with Crippen LogP contribution in [-0.4, -0.2) is 25.1 Å². The molecule has 0 saturated carbocycles. The molecule has 1 aromatic heterocycles. The number of hydrogen-bond acceptors (Lipinski definition) is 5. The van der Waals surface area contributed by atoms with Gasteiger partial charge in [0.15, 0.2) is 9.84 Å². The SMILES string of the molecule is CCS(=O)(=O)c1ccc(NC(=O)c2cccnc2Sc2ccc(C)c(C)c2)cc1. The van der Waals surface area contributed by atoms with E-state index >= 15 is 0 Å². The van der Waals surface area contributed by atoms with Gasteiger partial charge in [-0.05, 0) is 73.5 Å². The number of nitrogens with one attached hydrogen (secondary N) is 1. The maximum Gasteiger partial charge on any atom is 0.258 e. The monoisotopic (exact) mass is 426 g/mol. The first-order valence-electron chi connectivity index (χ1n) is 9.14. The fourth-order valence-electron chi connectivity index (χ4n) is 2.64. The molecule has 29 heavy (non-hydrogen) atoms. The minimum absolute atomic E-state index is 0.0352. The van der Waals surface area contributed by atoms with Gasteiger partial charge in [0.05, 0.1) is 16.2 Å². The third kappa shape index (κ3) is 5.05. The van der Waals surface area contributed by atoms with E-state index in [1.54, 1.807) is 37.4 Å². The number of sulfone groups is 1. The summed E-state index contributed by atoms with van der Waals surface area (Å²) in [5.41, 5.74) is 3.37. The van der Waals surface area contributed by atoms with Crippen LogP contribution in [0.2, 0.25) is 0 Å². The molecule has 0 spiro atoms. The first-order valence-corrected chi connectivity index (χ1v) is 11.6. The maximum atomic E-state index is 12.8. The highest BCUT2D eigenvalue weighted by Gasteiger charge is 2.15. The number of nitrogens with zero attached hydrogens (tertiary/aromatic N) is 1. The molecule has 3 rings (SSSR count). The molecule has 5 nitrogen and oxygen atoms in total. The Bertz CT molecular complexity index is 1140. The van der Waals surface area contributed by atoms with Crippen molar-refractivity contribution in [3.63, 3.8) is 0 Å². The van der Waals surface area contributed by atoms with Crippen LogP contribution in [-0.2, 0) is 9.84 Å². The van der Waals surface area contributed by atoms with E-state index in [9.17, 15) is 13.2 Å². The number of aryl methyl sites for hydroxylation is 2. The third-order valence-corrected chi connectivity index (χ3v) is 7.32. The van der Waals surface area contributed by atoms with Crippen molar-refractivity contribution in [3.8, 4) is 0 Å².